The van der Waals surface area contributed by atoms with Gasteiger partial charge in [0.25, 0.3) is 0 Å². The maximum absolute atomic E-state index is 3.73. The zero-order valence-electron chi connectivity index (χ0n) is 9.97. The molecule has 1 nitrogen and oxygen atoms in total. The first-order valence-electron chi connectivity index (χ1n) is 5.95. The fourth-order valence-corrected chi connectivity index (χ4v) is 3.29. The number of thiophene rings is 1. The van der Waals surface area contributed by atoms with Crippen molar-refractivity contribution < 1.29 is 0 Å². The van der Waals surface area contributed by atoms with Crippen LogP contribution in [0.1, 0.15) is 49.6 Å². The molecule has 1 aromatic heterocycles. The molecular formula is C13H21NS. The van der Waals surface area contributed by atoms with E-state index < -0.39 is 0 Å². The van der Waals surface area contributed by atoms with Gasteiger partial charge in [0.15, 0.2) is 0 Å². The summed E-state index contributed by atoms with van der Waals surface area (Å²) in [4.78, 5) is 1.56. The SMILES string of the molecule is CCCNC(c1sccc1C)C1(C)CC1. The van der Waals surface area contributed by atoms with Crippen molar-refractivity contribution in [1.82, 2.24) is 5.32 Å². The van der Waals surface area contributed by atoms with Gasteiger partial charge in [0, 0.05) is 10.9 Å². The first-order valence-corrected chi connectivity index (χ1v) is 6.83. The second-order valence-electron chi connectivity index (χ2n) is 5.01. The Kier molecular flexibility index (Phi) is 3.17. The lowest BCUT2D eigenvalue weighted by molar-refractivity contribution is 0.371. The summed E-state index contributed by atoms with van der Waals surface area (Å²) in [5.41, 5.74) is 1.99. The number of hydrogen-bond acceptors (Lipinski definition) is 2. The molecule has 1 saturated carbocycles. The third-order valence-electron chi connectivity index (χ3n) is 3.50. The Hall–Kier alpha value is -0.340. The molecule has 1 aliphatic carbocycles. The van der Waals surface area contributed by atoms with E-state index in [4.69, 9.17) is 0 Å². The van der Waals surface area contributed by atoms with E-state index in [9.17, 15) is 0 Å². The van der Waals surface area contributed by atoms with Gasteiger partial charge in [0.1, 0.15) is 0 Å². The highest BCUT2D eigenvalue weighted by atomic mass is 32.1. The van der Waals surface area contributed by atoms with E-state index in [1.165, 1.54) is 24.8 Å². The van der Waals surface area contributed by atoms with Crippen LogP contribution in [0.15, 0.2) is 11.4 Å². The molecule has 0 aromatic carbocycles. The maximum Gasteiger partial charge on any atom is 0.0472 e. The van der Waals surface area contributed by atoms with Gasteiger partial charge in [0.2, 0.25) is 0 Å². The summed E-state index contributed by atoms with van der Waals surface area (Å²) in [5, 5.41) is 5.94. The van der Waals surface area contributed by atoms with Gasteiger partial charge >= 0.3 is 0 Å². The molecular weight excluding hydrogens is 202 g/mol. The lowest BCUT2D eigenvalue weighted by Gasteiger charge is -2.24. The molecule has 1 heterocycles. The number of aryl methyl sites for hydroxylation is 1. The summed E-state index contributed by atoms with van der Waals surface area (Å²) < 4.78 is 0. The highest BCUT2D eigenvalue weighted by Crippen LogP contribution is 2.55. The van der Waals surface area contributed by atoms with Crippen LogP contribution in [0.5, 0.6) is 0 Å². The van der Waals surface area contributed by atoms with Crippen molar-refractivity contribution in [3.8, 4) is 0 Å². The molecule has 1 aliphatic rings. The first-order chi connectivity index (χ1) is 7.17. The number of hydrogen-bond donors (Lipinski definition) is 1. The van der Waals surface area contributed by atoms with E-state index in [1.54, 1.807) is 4.88 Å². The first kappa shape index (κ1) is 11.2. The zero-order valence-corrected chi connectivity index (χ0v) is 10.8. The van der Waals surface area contributed by atoms with Crippen LogP contribution in [-0.4, -0.2) is 6.54 Å². The second kappa shape index (κ2) is 4.26. The summed E-state index contributed by atoms with van der Waals surface area (Å²) in [5.74, 6) is 0. The van der Waals surface area contributed by atoms with E-state index >= 15 is 0 Å². The minimum atomic E-state index is 0.533. The lowest BCUT2D eigenvalue weighted by Crippen LogP contribution is -2.28. The minimum Gasteiger partial charge on any atom is -0.309 e. The predicted octanol–water partition coefficient (Wildman–Crippen LogP) is 3.90. The minimum absolute atomic E-state index is 0.533. The van der Waals surface area contributed by atoms with Gasteiger partial charge in [-0.05, 0) is 55.2 Å². The average Bonchev–Trinajstić information content (AvgIpc) is 2.81. The zero-order chi connectivity index (χ0) is 10.9. The summed E-state index contributed by atoms with van der Waals surface area (Å²) in [7, 11) is 0. The second-order valence-corrected chi connectivity index (χ2v) is 5.96. The van der Waals surface area contributed by atoms with E-state index in [2.05, 4.69) is 37.5 Å². The summed E-state index contributed by atoms with van der Waals surface area (Å²) >= 11 is 1.91. The Morgan fingerprint density at radius 2 is 2.27 bits per heavy atom. The molecule has 84 valence electrons. The van der Waals surface area contributed by atoms with Gasteiger partial charge in [-0.3, -0.25) is 0 Å². The Balaban J connectivity index is 2.15. The predicted molar refractivity (Wildman–Crippen MR) is 67.4 cm³/mol. The molecule has 0 bridgehead atoms. The molecule has 2 rings (SSSR count). The monoisotopic (exact) mass is 223 g/mol. The number of rotatable bonds is 5. The van der Waals surface area contributed by atoms with Crippen molar-refractivity contribution in [3.63, 3.8) is 0 Å². The van der Waals surface area contributed by atoms with Crippen LogP contribution in [0.2, 0.25) is 0 Å². The Labute approximate surface area is 96.9 Å². The van der Waals surface area contributed by atoms with Gasteiger partial charge in [-0.25, -0.2) is 0 Å². The van der Waals surface area contributed by atoms with Crippen LogP contribution in [0.25, 0.3) is 0 Å². The third kappa shape index (κ3) is 2.26. The number of nitrogens with one attached hydrogen (secondary N) is 1. The fraction of sp³-hybridized carbons (Fsp3) is 0.692. The molecule has 0 aliphatic heterocycles. The highest BCUT2D eigenvalue weighted by Gasteiger charge is 2.45. The van der Waals surface area contributed by atoms with E-state index in [0.717, 1.165) is 6.54 Å². The standard InChI is InChI=1S/C13H21NS/c1-4-8-14-12(13(3)6-7-13)11-10(2)5-9-15-11/h5,9,12,14H,4,6-8H2,1-3H3. The molecule has 1 N–H and O–H groups in total. The Bertz CT molecular complexity index is 325. The molecule has 2 heteroatoms. The van der Waals surface area contributed by atoms with Crippen molar-refractivity contribution >= 4 is 11.3 Å². The van der Waals surface area contributed by atoms with Crippen molar-refractivity contribution in [1.29, 1.82) is 0 Å². The average molecular weight is 223 g/mol. The topological polar surface area (TPSA) is 12.0 Å². The quantitative estimate of drug-likeness (QED) is 0.798. The molecule has 1 atom stereocenters. The van der Waals surface area contributed by atoms with Crippen LogP contribution in [0.4, 0.5) is 0 Å². The fourth-order valence-electron chi connectivity index (χ4n) is 2.11. The molecule has 0 radical (unpaired) electrons. The maximum atomic E-state index is 3.73. The molecule has 0 saturated heterocycles. The van der Waals surface area contributed by atoms with Crippen LogP contribution in [-0.2, 0) is 0 Å². The van der Waals surface area contributed by atoms with E-state index in [-0.39, 0.29) is 0 Å². The van der Waals surface area contributed by atoms with Gasteiger partial charge in [-0.2, -0.15) is 0 Å². The highest BCUT2D eigenvalue weighted by molar-refractivity contribution is 7.10. The van der Waals surface area contributed by atoms with Gasteiger partial charge in [0.05, 0.1) is 0 Å². The van der Waals surface area contributed by atoms with Crippen LogP contribution < -0.4 is 5.32 Å². The summed E-state index contributed by atoms with van der Waals surface area (Å²) in [6.07, 6.45) is 3.98. The molecule has 15 heavy (non-hydrogen) atoms. The van der Waals surface area contributed by atoms with Crippen molar-refractivity contribution in [2.75, 3.05) is 6.54 Å². The molecule has 0 spiro atoms. The molecule has 0 amide bonds. The molecule has 1 unspecified atom stereocenters. The van der Waals surface area contributed by atoms with Crippen LogP contribution in [0, 0.1) is 12.3 Å². The smallest absolute Gasteiger partial charge is 0.0472 e. The van der Waals surface area contributed by atoms with Crippen LogP contribution in [0.3, 0.4) is 0 Å². The van der Waals surface area contributed by atoms with Gasteiger partial charge < -0.3 is 5.32 Å². The van der Waals surface area contributed by atoms with Crippen molar-refractivity contribution in [2.45, 2.75) is 46.1 Å². The summed E-state index contributed by atoms with van der Waals surface area (Å²) in [6, 6.07) is 2.84. The van der Waals surface area contributed by atoms with Crippen molar-refractivity contribution in [2.24, 2.45) is 5.41 Å². The molecule has 1 aromatic rings. The van der Waals surface area contributed by atoms with Crippen LogP contribution >= 0.6 is 11.3 Å². The Morgan fingerprint density at radius 3 is 2.73 bits per heavy atom. The lowest BCUT2D eigenvalue weighted by atomic mass is 9.95. The normalized spacial score (nSPS) is 20.2. The third-order valence-corrected chi connectivity index (χ3v) is 4.58. The van der Waals surface area contributed by atoms with E-state index in [0.29, 0.717) is 11.5 Å². The summed E-state index contributed by atoms with van der Waals surface area (Å²) in [6.45, 7) is 8.02. The van der Waals surface area contributed by atoms with Gasteiger partial charge in [-0.1, -0.05) is 13.8 Å². The van der Waals surface area contributed by atoms with E-state index in [1.807, 2.05) is 11.3 Å². The molecule has 1 fully saturated rings. The Morgan fingerprint density at radius 1 is 1.53 bits per heavy atom. The van der Waals surface area contributed by atoms with Crippen molar-refractivity contribution in [3.05, 3.63) is 21.9 Å². The largest absolute Gasteiger partial charge is 0.309 e. The van der Waals surface area contributed by atoms with Gasteiger partial charge in [-0.15, -0.1) is 11.3 Å².